The minimum absolute atomic E-state index is 0.159. The molecule has 2 rings (SSSR count). The van der Waals surface area contributed by atoms with Crippen molar-refractivity contribution in [3.63, 3.8) is 0 Å². The molecule has 0 aliphatic heterocycles. The Morgan fingerprint density at radius 3 is 2.00 bits per heavy atom. The Labute approximate surface area is 132 Å². The normalized spacial score (nSPS) is 23.6. The van der Waals surface area contributed by atoms with E-state index >= 15 is 0 Å². The summed E-state index contributed by atoms with van der Waals surface area (Å²) in [5, 5.41) is 12.2. The molecule has 0 atom stereocenters. The van der Waals surface area contributed by atoms with Gasteiger partial charge in [-0.3, -0.25) is 0 Å². The molecule has 0 saturated heterocycles. The topological polar surface area (TPSA) is 20.2 Å². The maximum Gasteiger partial charge on any atom is 0.0698 e. The number of aliphatic hydroxyl groups is 1. The predicted octanol–water partition coefficient (Wildman–Crippen LogP) is 5.50. The van der Waals surface area contributed by atoms with Gasteiger partial charge < -0.3 is 5.11 Å². The Morgan fingerprint density at radius 2 is 1.50 bits per heavy atom. The molecule has 0 aromatic heterocycles. The monoisotopic (exact) mass is 314 g/mol. The van der Waals surface area contributed by atoms with Gasteiger partial charge in [0, 0.05) is 6.42 Å². The third-order valence-corrected chi connectivity index (χ3v) is 4.83. The van der Waals surface area contributed by atoms with Crippen molar-refractivity contribution in [1.29, 1.82) is 0 Å². The lowest BCUT2D eigenvalue weighted by Gasteiger charge is -2.49. The van der Waals surface area contributed by atoms with Crippen LogP contribution in [0.4, 0.5) is 0 Å². The van der Waals surface area contributed by atoms with Gasteiger partial charge in [-0.05, 0) is 47.8 Å². The first-order valence-corrected chi connectivity index (χ1v) is 7.92. The van der Waals surface area contributed by atoms with E-state index in [1.165, 1.54) is 0 Å². The Bertz CT molecular complexity index is 490. The molecule has 1 aromatic rings. The van der Waals surface area contributed by atoms with Crippen LogP contribution in [0, 0.1) is 10.8 Å². The lowest BCUT2D eigenvalue weighted by molar-refractivity contribution is -0.0850. The average molecular weight is 315 g/mol. The van der Waals surface area contributed by atoms with E-state index in [-0.39, 0.29) is 10.8 Å². The van der Waals surface area contributed by atoms with E-state index in [0.29, 0.717) is 16.5 Å². The summed E-state index contributed by atoms with van der Waals surface area (Å²) in [6, 6.07) is 5.64. The predicted molar refractivity (Wildman–Crippen MR) is 86.5 cm³/mol. The number of hydrogen-bond donors (Lipinski definition) is 1. The van der Waals surface area contributed by atoms with Crippen molar-refractivity contribution >= 4 is 23.2 Å². The third kappa shape index (κ3) is 3.90. The molecule has 1 aliphatic carbocycles. The first kappa shape index (κ1) is 16.1. The molecular weight excluding hydrogens is 291 g/mol. The smallest absolute Gasteiger partial charge is 0.0698 e. The first-order chi connectivity index (χ1) is 9.00. The zero-order valence-corrected chi connectivity index (χ0v) is 14.3. The summed E-state index contributed by atoms with van der Waals surface area (Å²) in [6.07, 6.45) is 3.42. The van der Waals surface area contributed by atoms with Crippen LogP contribution in [0.15, 0.2) is 18.2 Å². The van der Waals surface area contributed by atoms with Gasteiger partial charge in [-0.15, -0.1) is 0 Å². The van der Waals surface area contributed by atoms with Crippen LogP contribution < -0.4 is 0 Å². The maximum absolute atomic E-state index is 11.1. The van der Waals surface area contributed by atoms with Gasteiger partial charge in [0.25, 0.3) is 0 Å². The lowest BCUT2D eigenvalue weighted by Crippen LogP contribution is -2.47. The molecule has 1 fully saturated rings. The van der Waals surface area contributed by atoms with Gasteiger partial charge in [0.2, 0.25) is 0 Å². The molecule has 0 bridgehead atoms. The molecule has 20 heavy (non-hydrogen) atoms. The van der Waals surface area contributed by atoms with Crippen molar-refractivity contribution in [2.24, 2.45) is 10.8 Å². The van der Waals surface area contributed by atoms with Gasteiger partial charge in [0.1, 0.15) is 0 Å². The van der Waals surface area contributed by atoms with Crippen LogP contribution in [0.5, 0.6) is 0 Å². The van der Waals surface area contributed by atoms with Crippen molar-refractivity contribution in [3.05, 3.63) is 33.8 Å². The van der Waals surface area contributed by atoms with Crippen LogP contribution in [-0.4, -0.2) is 10.7 Å². The maximum atomic E-state index is 11.1. The number of hydrogen-bond acceptors (Lipinski definition) is 1. The molecule has 1 aliphatic rings. The summed E-state index contributed by atoms with van der Waals surface area (Å²) >= 11 is 12.0. The SMILES string of the molecule is CC1(C)CC(C)(C)CC(O)(Cc2ccc(Cl)c(Cl)c2)C1. The van der Waals surface area contributed by atoms with Crippen molar-refractivity contribution in [1.82, 2.24) is 0 Å². The van der Waals surface area contributed by atoms with E-state index in [1.807, 2.05) is 18.2 Å². The number of rotatable bonds is 2. The van der Waals surface area contributed by atoms with Crippen molar-refractivity contribution in [2.75, 3.05) is 0 Å². The molecule has 0 amide bonds. The Kier molecular flexibility index (Phi) is 4.19. The van der Waals surface area contributed by atoms with E-state index in [4.69, 9.17) is 23.2 Å². The first-order valence-electron chi connectivity index (χ1n) is 7.17. The van der Waals surface area contributed by atoms with Crippen LogP contribution in [-0.2, 0) is 6.42 Å². The quantitative estimate of drug-likeness (QED) is 0.763. The molecular formula is C17H24Cl2O. The molecule has 0 spiro atoms. The summed E-state index contributed by atoms with van der Waals surface area (Å²) in [5.74, 6) is 0. The van der Waals surface area contributed by atoms with Crippen molar-refractivity contribution < 1.29 is 5.11 Å². The van der Waals surface area contributed by atoms with Crippen LogP contribution in [0.25, 0.3) is 0 Å². The van der Waals surface area contributed by atoms with Crippen molar-refractivity contribution in [2.45, 2.75) is 59.0 Å². The Morgan fingerprint density at radius 1 is 0.950 bits per heavy atom. The van der Waals surface area contributed by atoms with E-state index < -0.39 is 5.60 Å². The zero-order valence-electron chi connectivity index (χ0n) is 12.8. The van der Waals surface area contributed by atoms with Gasteiger partial charge in [0.15, 0.2) is 0 Å². The van der Waals surface area contributed by atoms with Crippen LogP contribution >= 0.6 is 23.2 Å². The second-order valence-corrected chi connectivity index (χ2v) is 8.82. The standard InChI is InChI=1S/C17H24Cl2O/c1-15(2)9-16(3,4)11-17(20,10-15)8-12-5-6-13(18)14(19)7-12/h5-7,20H,8-11H2,1-4H3. The summed E-state index contributed by atoms with van der Waals surface area (Å²) in [7, 11) is 0. The highest BCUT2D eigenvalue weighted by atomic mass is 35.5. The molecule has 0 radical (unpaired) electrons. The number of halogens is 2. The average Bonchev–Trinajstić information content (AvgIpc) is 2.17. The van der Waals surface area contributed by atoms with E-state index in [2.05, 4.69) is 27.7 Å². The summed E-state index contributed by atoms with van der Waals surface area (Å²) in [5.41, 5.74) is 0.706. The van der Waals surface area contributed by atoms with Gasteiger partial charge in [-0.2, -0.15) is 0 Å². The minimum Gasteiger partial charge on any atom is -0.390 e. The highest BCUT2D eigenvalue weighted by Crippen LogP contribution is 2.51. The molecule has 0 unspecified atom stereocenters. The highest BCUT2D eigenvalue weighted by Gasteiger charge is 2.46. The molecule has 0 heterocycles. The van der Waals surface area contributed by atoms with Gasteiger partial charge in [-0.1, -0.05) is 57.0 Å². The Hall–Kier alpha value is -0.240. The molecule has 1 aromatic carbocycles. The number of benzene rings is 1. The largest absolute Gasteiger partial charge is 0.390 e. The molecule has 1 N–H and O–H groups in total. The third-order valence-electron chi connectivity index (χ3n) is 4.09. The van der Waals surface area contributed by atoms with Gasteiger partial charge in [-0.25, -0.2) is 0 Å². The fourth-order valence-corrected chi connectivity index (χ4v) is 4.74. The zero-order chi connectivity index (χ0) is 15.2. The van der Waals surface area contributed by atoms with Crippen LogP contribution in [0.3, 0.4) is 0 Å². The summed E-state index contributed by atoms with van der Waals surface area (Å²) < 4.78 is 0. The fraction of sp³-hybridized carbons (Fsp3) is 0.647. The summed E-state index contributed by atoms with van der Waals surface area (Å²) in [4.78, 5) is 0. The molecule has 112 valence electrons. The van der Waals surface area contributed by atoms with Crippen LogP contribution in [0.1, 0.15) is 52.5 Å². The van der Waals surface area contributed by atoms with Crippen molar-refractivity contribution in [3.8, 4) is 0 Å². The minimum atomic E-state index is -0.664. The lowest BCUT2D eigenvalue weighted by atomic mass is 9.58. The molecule has 1 nitrogen and oxygen atoms in total. The Balaban J connectivity index is 2.23. The van der Waals surface area contributed by atoms with Gasteiger partial charge in [0.05, 0.1) is 15.6 Å². The molecule has 1 saturated carbocycles. The second kappa shape index (κ2) is 5.19. The van der Waals surface area contributed by atoms with Crippen LogP contribution in [0.2, 0.25) is 10.0 Å². The molecule has 3 heteroatoms. The fourth-order valence-electron chi connectivity index (χ4n) is 4.42. The van der Waals surface area contributed by atoms with E-state index in [9.17, 15) is 5.11 Å². The highest BCUT2D eigenvalue weighted by molar-refractivity contribution is 6.42. The van der Waals surface area contributed by atoms with E-state index in [1.54, 1.807) is 0 Å². The second-order valence-electron chi connectivity index (χ2n) is 8.01. The van der Waals surface area contributed by atoms with E-state index in [0.717, 1.165) is 24.8 Å². The summed E-state index contributed by atoms with van der Waals surface area (Å²) in [6.45, 7) is 8.98. The van der Waals surface area contributed by atoms with Gasteiger partial charge >= 0.3 is 0 Å².